The minimum absolute atomic E-state index is 0.0526. The molecule has 4 atom stereocenters. The number of aromatic hydroxyl groups is 1. The molecule has 0 unspecified atom stereocenters. The maximum absolute atomic E-state index is 13.2. The highest BCUT2D eigenvalue weighted by atomic mass is 16.4. The highest BCUT2D eigenvalue weighted by Crippen LogP contribution is 2.14. The van der Waals surface area contributed by atoms with E-state index >= 15 is 0 Å². The maximum Gasteiger partial charge on any atom is 0.305 e. The van der Waals surface area contributed by atoms with Gasteiger partial charge in [-0.15, -0.1) is 0 Å². The number of nitrogens with zero attached hydrogens (tertiary/aromatic N) is 1. The van der Waals surface area contributed by atoms with Crippen LogP contribution in [0.25, 0.3) is 0 Å². The maximum atomic E-state index is 13.2. The average Bonchev–Trinajstić information content (AvgIpc) is 2.80. The Balaban J connectivity index is 2.96. The molecule has 4 amide bonds. The molecule has 0 bridgehead atoms. The van der Waals surface area contributed by atoms with Gasteiger partial charge < -0.3 is 35.9 Å². The summed E-state index contributed by atoms with van der Waals surface area (Å²) in [6.45, 7) is 6.04. The number of amides is 4. The van der Waals surface area contributed by atoms with Crippen LogP contribution in [0.2, 0.25) is 0 Å². The van der Waals surface area contributed by atoms with Crippen LogP contribution in [0.15, 0.2) is 24.3 Å². The second-order valence-corrected chi connectivity index (χ2v) is 8.83. The number of nitrogens with one attached hydrogen (secondary N) is 3. The number of rotatable bonds is 13. The van der Waals surface area contributed by atoms with Crippen molar-refractivity contribution in [3.8, 4) is 5.75 Å². The number of benzene rings is 1. The summed E-state index contributed by atoms with van der Waals surface area (Å²) in [7, 11) is 1.46. The molecule has 12 heteroatoms. The van der Waals surface area contributed by atoms with E-state index in [0.29, 0.717) is 5.56 Å². The van der Waals surface area contributed by atoms with E-state index in [1.807, 2.05) is 0 Å². The van der Waals surface area contributed by atoms with Gasteiger partial charge in [-0.2, -0.15) is 0 Å². The molecule has 0 aliphatic rings. The van der Waals surface area contributed by atoms with Gasteiger partial charge >= 0.3 is 5.97 Å². The molecule has 0 saturated carbocycles. The van der Waals surface area contributed by atoms with Crippen LogP contribution in [0.1, 0.15) is 39.7 Å². The zero-order valence-electron chi connectivity index (χ0n) is 21.0. The Hall–Kier alpha value is -3.96. The lowest BCUT2D eigenvalue weighted by atomic mass is 10.00. The van der Waals surface area contributed by atoms with E-state index in [-0.39, 0.29) is 24.4 Å². The van der Waals surface area contributed by atoms with Crippen molar-refractivity contribution in [1.29, 1.82) is 0 Å². The molecule has 1 aromatic rings. The molecule has 0 radical (unpaired) electrons. The summed E-state index contributed by atoms with van der Waals surface area (Å²) < 4.78 is 0. The standard InChI is InChI=1S/C24H34N4O8/c1-13(2)21(24(36)25-14(3)22(34)26-17(12-29)11-20(32)33)27-23(35)19(28(5)15(4)30)10-16-6-8-18(31)9-7-16/h6-9,12-14,17,19,21,31H,10-11H2,1-5H3,(H,25,36)(H,26,34)(H,27,35)(H,32,33)/t14-,17+,19-,21+/m1/s1. The van der Waals surface area contributed by atoms with Crippen molar-refractivity contribution in [2.75, 3.05) is 7.05 Å². The fraction of sp³-hybridized carbons (Fsp3) is 0.500. The van der Waals surface area contributed by atoms with E-state index in [4.69, 9.17) is 5.11 Å². The second kappa shape index (κ2) is 13.8. The topological polar surface area (TPSA) is 182 Å². The summed E-state index contributed by atoms with van der Waals surface area (Å²) in [5, 5.41) is 25.6. The Bertz CT molecular complexity index is 963. The summed E-state index contributed by atoms with van der Waals surface area (Å²) >= 11 is 0. The Morgan fingerprint density at radius 2 is 1.53 bits per heavy atom. The van der Waals surface area contributed by atoms with Gasteiger partial charge in [-0.05, 0) is 30.5 Å². The van der Waals surface area contributed by atoms with Crippen molar-refractivity contribution in [3.63, 3.8) is 0 Å². The summed E-state index contributed by atoms with van der Waals surface area (Å²) in [6, 6.07) is 1.77. The quantitative estimate of drug-likeness (QED) is 0.224. The molecule has 0 heterocycles. The number of hydrogen-bond donors (Lipinski definition) is 5. The van der Waals surface area contributed by atoms with Crippen molar-refractivity contribution in [3.05, 3.63) is 29.8 Å². The predicted octanol–water partition coefficient (Wildman–Crippen LogP) is -0.414. The number of aldehydes is 1. The van der Waals surface area contributed by atoms with Crippen LogP contribution in [-0.4, -0.2) is 82.2 Å². The third kappa shape index (κ3) is 9.35. The first-order valence-corrected chi connectivity index (χ1v) is 11.4. The zero-order valence-corrected chi connectivity index (χ0v) is 21.0. The van der Waals surface area contributed by atoms with Crippen LogP contribution in [0.4, 0.5) is 0 Å². The smallest absolute Gasteiger partial charge is 0.305 e. The van der Waals surface area contributed by atoms with Crippen LogP contribution in [0, 0.1) is 5.92 Å². The Morgan fingerprint density at radius 1 is 0.944 bits per heavy atom. The molecule has 0 saturated heterocycles. The monoisotopic (exact) mass is 506 g/mol. The van der Waals surface area contributed by atoms with Crippen molar-refractivity contribution in [2.24, 2.45) is 5.92 Å². The van der Waals surface area contributed by atoms with Crippen molar-refractivity contribution in [1.82, 2.24) is 20.9 Å². The molecule has 0 fully saturated rings. The lowest BCUT2D eigenvalue weighted by Crippen LogP contribution is -2.58. The predicted molar refractivity (Wildman–Crippen MR) is 129 cm³/mol. The fourth-order valence-electron chi connectivity index (χ4n) is 3.26. The fourth-order valence-corrected chi connectivity index (χ4v) is 3.26. The number of carboxylic acids is 1. The molecule has 0 spiro atoms. The van der Waals surface area contributed by atoms with Gasteiger partial charge in [0.05, 0.1) is 12.5 Å². The number of carbonyl (C=O) groups excluding carboxylic acids is 5. The van der Waals surface area contributed by atoms with Gasteiger partial charge in [0.1, 0.15) is 30.2 Å². The summed E-state index contributed by atoms with van der Waals surface area (Å²) in [5.41, 5.74) is 0.683. The third-order valence-corrected chi connectivity index (χ3v) is 5.52. The number of carboxylic acid groups (broad SMARTS) is 1. The lowest BCUT2D eigenvalue weighted by Gasteiger charge is -2.30. The van der Waals surface area contributed by atoms with Crippen molar-refractivity contribution < 1.29 is 39.0 Å². The van der Waals surface area contributed by atoms with Gasteiger partial charge in [0.25, 0.3) is 0 Å². The molecule has 1 rings (SSSR count). The van der Waals surface area contributed by atoms with Crippen LogP contribution < -0.4 is 16.0 Å². The molecule has 5 N–H and O–H groups in total. The minimum atomic E-state index is -1.27. The van der Waals surface area contributed by atoms with Crippen LogP contribution in [-0.2, 0) is 35.2 Å². The molecular formula is C24H34N4O8. The van der Waals surface area contributed by atoms with E-state index in [9.17, 15) is 33.9 Å². The second-order valence-electron chi connectivity index (χ2n) is 8.83. The first-order valence-electron chi connectivity index (χ1n) is 11.4. The number of hydrogen-bond acceptors (Lipinski definition) is 7. The van der Waals surface area contributed by atoms with E-state index < -0.39 is 60.2 Å². The van der Waals surface area contributed by atoms with Crippen molar-refractivity contribution in [2.45, 2.75) is 64.7 Å². The van der Waals surface area contributed by atoms with E-state index in [1.165, 1.54) is 37.9 Å². The Labute approximate surface area is 209 Å². The largest absolute Gasteiger partial charge is 0.508 e. The molecule has 0 aliphatic carbocycles. The Morgan fingerprint density at radius 3 is 2.00 bits per heavy atom. The molecule has 12 nitrogen and oxygen atoms in total. The van der Waals surface area contributed by atoms with Gasteiger partial charge in [0.2, 0.25) is 23.6 Å². The minimum Gasteiger partial charge on any atom is -0.508 e. The van der Waals surface area contributed by atoms with E-state index in [1.54, 1.807) is 26.0 Å². The average molecular weight is 507 g/mol. The Kier molecular flexibility index (Phi) is 11.5. The SMILES string of the molecule is CC(=O)N(C)[C@H](Cc1ccc(O)cc1)C(=O)N[C@H](C(=O)N[C@H](C)C(=O)N[C@H](C=O)CC(=O)O)C(C)C. The number of phenolic OH excluding ortho intramolecular Hbond substituents is 1. The number of likely N-dealkylation sites (N-methyl/N-ethyl adjacent to an activating group) is 1. The van der Waals surface area contributed by atoms with Gasteiger partial charge in [-0.25, -0.2) is 0 Å². The van der Waals surface area contributed by atoms with Gasteiger partial charge in [0, 0.05) is 20.4 Å². The highest BCUT2D eigenvalue weighted by molar-refractivity contribution is 5.94. The number of carbonyl (C=O) groups is 6. The molecule has 0 aromatic heterocycles. The third-order valence-electron chi connectivity index (χ3n) is 5.52. The van der Waals surface area contributed by atoms with Gasteiger partial charge in [0.15, 0.2) is 0 Å². The summed E-state index contributed by atoms with van der Waals surface area (Å²) in [5.74, 6) is -4.00. The highest BCUT2D eigenvalue weighted by Gasteiger charge is 2.32. The molecule has 198 valence electrons. The van der Waals surface area contributed by atoms with Gasteiger partial charge in [-0.1, -0.05) is 26.0 Å². The first-order chi connectivity index (χ1) is 16.8. The van der Waals surface area contributed by atoms with E-state index in [0.717, 1.165) is 0 Å². The molecule has 1 aromatic carbocycles. The van der Waals surface area contributed by atoms with Crippen LogP contribution >= 0.6 is 0 Å². The van der Waals surface area contributed by atoms with Gasteiger partial charge in [-0.3, -0.25) is 24.0 Å². The number of phenols is 1. The van der Waals surface area contributed by atoms with E-state index in [2.05, 4.69) is 16.0 Å². The molecule has 0 aliphatic heterocycles. The number of aliphatic carboxylic acids is 1. The summed E-state index contributed by atoms with van der Waals surface area (Å²) in [6.07, 6.45) is -0.186. The lowest BCUT2D eigenvalue weighted by molar-refractivity contribution is -0.140. The first kappa shape index (κ1) is 30.1. The van der Waals surface area contributed by atoms with Crippen molar-refractivity contribution >= 4 is 35.9 Å². The molecular weight excluding hydrogens is 472 g/mol. The molecule has 36 heavy (non-hydrogen) atoms. The summed E-state index contributed by atoms with van der Waals surface area (Å²) in [4.78, 5) is 73.4. The van der Waals surface area contributed by atoms with Crippen LogP contribution in [0.3, 0.4) is 0 Å². The zero-order chi connectivity index (χ0) is 27.6. The van der Waals surface area contributed by atoms with Crippen LogP contribution in [0.5, 0.6) is 5.75 Å². The normalized spacial score (nSPS) is 14.1.